The van der Waals surface area contributed by atoms with Crippen molar-refractivity contribution in [1.82, 2.24) is 5.32 Å². The van der Waals surface area contributed by atoms with Crippen LogP contribution < -0.4 is 5.32 Å². The van der Waals surface area contributed by atoms with E-state index in [2.05, 4.69) is 21.2 Å². The van der Waals surface area contributed by atoms with E-state index < -0.39 is 18.4 Å². The second kappa shape index (κ2) is 5.46. The molecule has 0 saturated carbocycles. The molecule has 1 aromatic rings. The topological polar surface area (TPSA) is 12.0 Å². The molecule has 0 aliphatic heterocycles. The molecule has 0 saturated heterocycles. The summed E-state index contributed by atoms with van der Waals surface area (Å²) in [5, 5.41) is 2.39. The van der Waals surface area contributed by atoms with Gasteiger partial charge in [-0.15, -0.1) is 11.3 Å². The van der Waals surface area contributed by atoms with Crippen LogP contribution in [-0.4, -0.2) is 18.9 Å². The Balaban J connectivity index is 2.99. The van der Waals surface area contributed by atoms with Crippen molar-refractivity contribution < 1.29 is 17.6 Å². The van der Waals surface area contributed by atoms with Gasteiger partial charge in [-0.3, -0.25) is 0 Å². The second-order valence-electron chi connectivity index (χ2n) is 3.11. The fourth-order valence-electron chi connectivity index (χ4n) is 1.24. The van der Waals surface area contributed by atoms with Gasteiger partial charge in [-0.25, -0.2) is 8.78 Å². The van der Waals surface area contributed by atoms with Gasteiger partial charge in [0.05, 0.1) is 3.79 Å². The predicted molar refractivity (Wildman–Crippen MR) is 59.4 cm³/mol. The van der Waals surface area contributed by atoms with Gasteiger partial charge in [0.25, 0.3) is 0 Å². The molecule has 16 heavy (non-hydrogen) atoms. The zero-order valence-corrected chi connectivity index (χ0v) is 10.7. The van der Waals surface area contributed by atoms with E-state index in [4.69, 9.17) is 0 Å². The maximum absolute atomic E-state index is 13.3. The van der Waals surface area contributed by atoms with Gasteiger partial charge in [0.1, 0.15) is 6.04 Å². The summed E-state index contributed by atoms with van der Waals surface area (Å²) in [7, 11) is 0. The van der Waals surface area contributed by atoms with Gasteiger partial charge in [0.2, 0.25) is 0 Å². The zero-order valence-electron chi connectivity index (χ0n) is 8.31. The van der Waals surface area contributed by atoms with Gasteiger partial charge in [0.15, 0.2) is 0 Å². The molecule has 7 heteroatoms. The highest BCUT2D eigenvalue weighted by molar-refractivity contribution is 9.11. The summed E-state index contributed by atoms with van der Waals surface area (Å²) >= 11 is 4.13. The minimum absolute atomic E-state index is 0.194. The normalized spacial score (nSPS) is 14.4. The van der Waals surface area contributed by atoms with Crippen LogP contribution in [0.25, 0.3) is 0 Å². The predicted octanol–water partition coefficient (Wildman–Crippen LogP) is 4.06. The monoisotopic (exact) mass is 319 g/mol. The van der Waals surface area contributed by atoms with Crippen LogP contribution in [-0.2, 0) is 0 Å². The van der Waals surface area contributed by atoms with Crippen LogP contribution in [0.2, 0.25) is 0 Å². The first-order valence-electron chi connectivity index (χ1n) is 4.54. The lowest BCUT2D eigenvalue weighted by Gasteiger charge is -2.25. The van der Waals surface area contributed by atoms with E-state index in [9.17, 15) is 17.6 Å². The zero-order chi connectivity index (χ0) is 12.3. The summed E-state index contributed by atoms with van der Waals surface area (Å²) in [6, 6.07) is 1.33. The third kappa shape index (κ3) is 2.95. The molecule has 1 rings (SSSR count). The Morgan fingerprint density at radius 3 is 2.44 bits per heavy atom. The Morgan fingerprint density at radius 1 is 1.44 bits per heavy atom. The van der Waals surface area contributed by atoms with Crippen molar-refractivity contribution in [2.24, 2.45) is 0 Å². The molecule has 0 fully saturated rings. The fraction of sp³-hybridized carbons (Fsp3) is 0.556. The van der Waals surface area contributed by atoms with Gasteiger partial charge in [-0.2, -0.15) is 8.78 Å². The van der Waals surface area contributed by atoms with Crippen LogP contribution >= 0.6 is 27.3 Å². The molecular weight excluding hydrogens is 310 g/mol. The van der Waals surface area contributed by atoms with E-state index in [0.717, 1.165) is 11.3 Å². The van der Waals surface area contributed by atoms with Gasteiger partial charge in [0, 0.05) is 4.88 Å². The Labute approximate surface area is 103 Å². The van der Waals surface area contributed by atoms with Crippen molar-refractivity contribution in [1.29, 1.82) is 0 Å². The van der Waals surface area contributed by atoms with Gasteiger partial charge >= 0.3 is 12.3 Å². The summed E-state index contributed by atoms with van der Waals surface area (Å²) in [6.45, 7) is 1.79. The maximum Gasteiger partial charge on any atom is 0.327 e. The summed E-state index contributed by atoms with van der Waals surface area (Å²) in [5.74, 6) is -4.07. The van der Waals surface area contributed by atoms with Crippen LogP contribution in [0.4, 0.5) is 17.6 Å². The van der Waals surface area contributed by atoms with Gasteiger partial charge in [-0.05, 0) is 34.6 Å². The van der Waals surface area contributed by atoms with Crippen LogP contribution in [0.15, 0.2) is 15.9 Å². The van der Waals surface area contributed by atoms with Crippen LogP contribution in [0.5, 0.6) is 0 Å². The molecule has 1 nitrogen and oxygen atoms in total. The summed E-state index contributed by atoms with van der Waals surface area (Å²) in [4.78, 5) is 0.194. The van der Waals surface area contributed by atoms with Crippen LogP contribution in [0, 0.1) is 0 Å². The summed E-state index contributed by atoms with van der Waals surface area (Å²) in [5.41, 5.74) is 0. The third-order valence-electron chi connectivity index (χ3n) is 1.96. The average Bonchev–Trinajstić information content (AvgIpc) is 2.60. The molecule has 0 aromatic carbocycles. The third-order valence-corrected chi connectivity index (χ3v) is 3.65. The van der Waals surface area contributed by atoms with Gasteiger partial charge in [-0.1, -0.05) is 6.92 Å². The van der Waals surface area contributed by atoms with Crippen molar-refractivity contribution >= 4 is 27.3 Å². The van der Waals surface area contributed by atoms with Crippen LogP contribution in [0.1, 0.15) is 17.8 Å². The van der Waals surface area contributed by atoms with E-state index in [1.165, 1.54) is 6.07 Å². The summed E-state index contributed by atoms with van der Waals surface area (Å²) in [6.07, 6.45) is -3.68. The second-order valence-corrected chi connectivity index (χ2v) is 5.60. The molecule has 1 atom stereocenters. The standard InChI is InChI=1S/C9H10BrF4NS/c1-2-15-7(9(13,14)8(11)12)5-3-4-6(10)16-5/h3-4,7-8,15H,2H2,1H3. The van der Waals surface area contributed by atoms with E-state index in [1.807, 2.05) is 0 Å². The fourth-order valence-corrected chi connectivity index (χ4v) is 2.79. The van der Waals surface area contributed by atoms with E-state index in [-0.39, 0.29) is 11.4 Å². The average molecular weight is 320 g/mol. The molecule has 0 aliphatic rings. The summed E-state index contributed by atoms with van der Waals surface area (Å²) < 4.78 is 51.7. The molecule has 0 bridgehead atoms. The Kier molecular flexibility index (Phi) is 4.75. The smallest absolute Gasteiger partial charge is 0.304 e. The van der Waals surface area contributed by atoms with E-state index in [0.29, 0.717) is 3.79 Å². The molecule has 0 aliphatic carbocycles. The first kappa shape index (κ1) is 13.9. The van der Waals surface area contributed by atoms with Gasteiger partial charge < -0.3 is 5.32 Å². The minimum Gasteiger partial charge on any atom is -0.304 e. The molecule has 1 aromatic heterocycles. The van der Waals surface area contributed by atoms with E-state index >= 15 is 0 Å². The molecule has 1 N–H and O–H groups in total. The number of halogens is 5. The first-order valence-corrected chi connectivity index (χ1v) is 6.15. The van der Waals surface area contributed by atoms with Crippen molar-refractivity contribution in [3.8, 4) is 0 Å². The number of rotatable bonds is 5. The number of hydrogen-bond acceptors (Lipinski definition) is 2. The number of alkyl halides is 4. The first-order chi connectivity index (χ1) is 7.39. The lowest BCUT2D eigenvalue weighted by molar-refractivity contribution is -0.150. The van der Waals surface area contributed by atoms with Crippen molar-refractivity contribution in [3.05, 3.63) is 20.8 Å². The largest absolute Gasteiger partial charge is 0.327 e. The molecule has 0 radical (unpaired) electrons. The quantitative estimate of drug-likeness (QED) is 0.807. The van der Waals surface area contributed by atoms with E-state index in [1.54, 1.807) is 13.0 Å². The Hall–Kier alpha value is -0.140. The molecular formula is C9H10BrF4NS. The minimum atomic E-state index is -4.07. The molecule has 0 spiro atoms. The number of thiophene rings is 1. The SMILES string of the molecule is CCNC(c1ccc(Br)s1)C(F)(F)C(F)F. The lowest BCUT2D eigenvalue weighted by Crippen LogP contribution is -2.42. The Morgan fingerprint density at radius 2 is 2.06 bits per heavy atom. The number of nitrogens with one attached hydrogen (secondary N) is 1. The Bertz CT molecular complexity index is 342. The highest BCUT2D eigenvalue weighted by atomic mass is 79.9. The highest BCUT2D eigenvalue weighted by Gasteiger charge is 2.49. The number of hydrogen-bond donors (Lipinski definition) is 1. The van der Waals surface area contributed by atoms with Crippen molar-refractivity contribution in [3.63, 3.8) is 0 Å². The lowest BCUT2D eigenvalue weighted by atomic mass is 10.1. The molecule has 0 amide bonds. The molecule has 92 valence electrons. The maximum atomic E-state index is 13.3. The molecule has 1 unspecified atom stereocenters. The highest BCUT2D eigenvalue weighted by Crippen LogP contribution is 2.40. The van der Waals surface area contributed by atoms with Crippen molar-refractivity contribution in [2.45, 2.75) is 25.3 Å². The molecule has 1 heterocycles. The van der Waals surface area contributed by atoms with Crippen molar-refractivity contribution in [2.75, 3.05) is 6.54 Å². The van der Waals surface area contributed by atoms with Crippen LogP contribution in [0.3, 0.4) is 0 Å².